The number of anilines is 1. The molecule has 0 unspecified atom stereocenters. The highest BCUT2D eigenvalue weighted by atomic mass is 19.3. The summed E-state index contributed by atoms with van der Waals surface area (Å²) in [5, 5.41) is 13.4. The molecule has 6 rings (SSSR count). The van der Waals surface area contributed by atoms with Gasteiger partial charge in [-0.2, -0.15) is 8.78 Å². The van der Waals surface area contributed by atoms with E-state index >= 15 is 0 Å². The van der Waals surface area contributed by atoms with Crippen LogP contribution in [0, 0.1) is 12.8 Å². The highest BCUT2D eigenvalue weighted by Gasteiger charge is 2.51. The van der Waals surface area contributed by atoms with E-state index in [2.05, 4.69) is 30.7 Å². The number of fused-ring (bicyclic) bond motifs is 1. The van der Waals surface area contributed by atoms with Crippen molar-refractivity contribution in [1.82, 2.24) is 14.5 Å². The van der Waals surface area contributed by atoms with Crippen LogP contribution in [-0.2, 0) is 6.54 Å². The van der Waals surface area contributed by atoms with E-state index in [4.69, 9.17) is 0 Å². The Bertz CT molecular complexity index is 1510. The quantitative estimate of drug-likeness (QED) is 0.263. The van der Waals surface area contributed by atoms with Crippen LogP contribution in [0.2, 0.25) is 0 Å². The molecule has 2 aromatic heterocycles. The van der Waals surface area contributed by atoms with Crippen molar-refractivity contribution in [3.8, 4) is 17.0 Å². The fourth-order valence-electron chi connectivity index (χ4n) is 5.48. The Labute approximate surface area is 218 Å². The third kappa shape index (κ3) is 4.57. The number of ether oxygens (including phenoxy) is 1. The van der Waals surface area contributed by atoms with Crippen LogP contribution < -0.4 is 10.1 Å². The minimum absolute atomic E-state index is 0.0534. The number of hydrogen-bond acceptors (Lipinski definition) is 5. The number of carbonyl (C=O) groups is 1. The predicted molar refractivity (Wildman–Crippen MR) is 140 cm³/mol. The Morgan fingerprint density at radius 3 is 2.53 bits per heavy atom. The second-order valence-electron chi connectivity index (χ2n) is 10.4. The lowest BCUT2D eigenvalue weighted by molar-refractivity contribution is -0.0498. The number of hydrogen-bond donors (Lipinski definition) is 2. The molecular weight excluding hydrogens is 490 g/mol. The molecule has 2 saturated carbocycles. The molecule has 2 heterocycles. The molecular formula is C29H28F2N4O3. The van der Waals surface area contributed by atoms with Crippen LogP contribution in [0.5, 0.6) is 5.75 Å². The standard InChI is InChI=1S/C29H28F2N4O3/c1-17-4-2-5-19(14-17)23-15-22-24(35(23)16-18-8-10-21(11-9-18)38-28(30)31)25(33-26(32-22)27(36)37)34-29(12-13-29)20-6-3-7-20/h2,4-5,8-11,14-15,20,28H,3,6-7,12-13,16H2,1H3,(H,36,37)(H,32,33,34). The number of nitrogens with one attached hydrogen (secondary N) is 1. The third-order valence-electron chi connectivity index (χ3n) is 7.78. The Kier molecular flexibility index (Phi) is 6.01. The second-order valence-corrected chi connectivity index (χ2v) is 10.4. The summed E-state index contributed by atoms with van der Waals surface area (Å²) in [5.74, 6) is -0.252. The summed E-state index contributed by atoms with van der Waals surface area (Å²) in [5.41, 5.74) is 5.00. The van der Waals surface area contributed by atoms with Gasteiger partial charge in [0.15, 0.2) is 5.82 Å². The molecule has 4 aromatic rings. The van der Waals surface area contributed by atoms with Crippen LogP contribution in [0.3, 0.4) is 0 Å². The lowest BCUT2D eigenvalue weighted by Gasteiger charge is -2.35. The van der Waals surface area contributed by atoms with Gasteiger partial charge in [-0.25, -0.2) is 14.8 Å². The summed E-state index contributed by atoms with van der Waals surface area (Å²) >= 11 is 0. The van der Waals surface area contributed by atoms with E-state index in [9.17, 15) is 18.7 Å². The van der Waals surface area contributed by atoms with Crippen LogP contribution in [0.25, 0.3) is 22.3 Å². The first-order valence-corrected chi connectivity index (χ1v) is 12.8. The highest BCUT2D eigenvalue weighted by molar-refractivity contribution is 5.95. The fourth-order valence-corrected chi connectivity index (χ4v) is 5.48. The maximum absolute atomic E-state index is 12.6. The molecule has 196 valence electrons. The molecule has 0 bridgehead atoms. The second kappa shape index (κ2) is 9.38. The molecule has 9 heteroatoms. The minimum Gasteiger partial charge on any atom is -0.475 e. The average molecular weight is 519 g/mol. The van der Waals surface area contributed by atoms with Gasteiger partial charge in [-0.15, -0.1) is 0 Å². The van der Waals surface area contributed by atoms with Crippen LogP contribution in [0.15, 0.2) is 54.6 Å². The highest BCUT2D eigenvalue weighted by Crippen LogP contribution is 2.53. The number of aryl methyl sites for hydroxylation is 1. The fraction of sp³-hybridized carbons (Fsp3) is 0.345. The maximum atomic E-state index is 12.6. The zero-order chi connectivity index (χ0) is 26.4. The number of carboxylic acid groups (broad SMARTS) is 1. The number of nitrogens with zero attached hydrogens (tertiary/aromatic N) is 3. The van der Waals surface area contributed by atoms with Crippen molar-refractivity contribution in [1.29, 1.82) is 0 Å². The summed E-state index contributed by atoms with van der Waals surface area (Å²) in [6.07, 6.45) is 5.60. The lowest BCUT2D eigenvalue weighted by Crippen LogP contribution is -2.36. The van der Waals surface area contributed by atoms with Gasteiger partial charge in [-0.1, -0.05) is 42.3 Å². The molecule has 0 spiro atoms. The smallest absolute Gasteiger partial charge is 0.387 e. The SMILES string of the molecule is Cc1cccc(-c2cc3nc(C(=O)O)nc(NC4(C5CCC5)CC4)c3n2Cc2ccc(OC(F)F)cc2)c1. The predicted octanol–water partition coefficient (Wildman–Crippen LogP) is 6.50. The zero-order valence-corrected chi connectivity index (χ0v) is 21.0. The minimum atomic E-state index is -2.89. The van der Waals surface area contributed by atoms with E-state index in [-0.39, 0.29) is 17.1 Å². The molecule has 2 aromatic carbocycles. The normalized spacial score (nSPS) is 16.4. The van der Waals surface area contributed by atoms with Crippen LogP contribution >= 0.6 is 0 Å². The monoisotopic (exact) mass is 518 g/mol. The van der Waals surface area contributed by atoms with Gasteiger partial charge < -0.3 is 19.7 Å². The summed E-state index contributed by atoms with van der Waals surface area (Å²) in [6.45, 7) is -0.465. The van der Waals surface area contributed by atoms with Gasteiger partial charge in [0.2, 0.25) is 5.82 Å². The molecule has 0 radical (unpaired) electrons. The van der Waals surface area contributed by atoms with Gasteiger partial charge >= 0.3 is 12.6 Å². The first-order chi connectivity index (χ1) is 18.3. The van der Waals surface area contributed by atoms with Crippen LogP contribution in [0.1, 0.15) is 53.8 Å². The van der Waals surface area contributed by atoms with E-state index in [1.807, 2.05) is 31.2 Å². The van der Waals surface area contributed by atoms with E-state index in [1.165, 1.54) is 18.6 Å². The lowest BCUT2D eigenvalue weighted by atomic mass is 9.78. The molecule has 0 saturated heterocycles. The first-order valence-electron chi connectivity index (χ1n) is 12.8. The van der Waals surface area contributed by atoms with Crippen LogP contribution in [-0.4, -0.2) is 37.8 Å². The summed E-state index contributed by atoms with van der Waals surface area (Å²) in [6, 6.07) is 16.5. The van der Waals surface area contributed by atoms with Gasteiger partial charge in [-0.3, -0.25) is 0 Å². The summed E-state index contributed by atoms with van der Waals surface area (Å²) in [4.78, 5) is 20.9. The third-order valence-corrected chi connectivity index (χ3v) is 7.78. The van der Waals surface area contributed by atoms with Crippen molar-refractivity contribution >= 4 is 22.8 Å². The number of benzene rings is 2. The Morgan fingerprint density at radius 1 is 1.16 bits per heavy atom. The van der Waals surface area contributed by atoms with Crippen LogP contribution in [0.4, 0.5) is 14.6 Å². The molecule has 2 fully saturated rings. The molecule has 0 aliphatic heterocycles. The molecule has 2 aliphatic carbocycles. The Morgan fingerprint density at radius 2 is 1.92 bits per heavy atom. The van der Waals surface area contributed by atoms with Crippen molar-refractivity contribution in [2.45, 2.75) is 57.7 Å². The number of aromatic nitrogens is 3. The number of halogens is 2. The van der Waals surface area contributed by atoms with Gasteiger partial charge in [0.25, 0.3) is 0 Å². The molecule has 7 nitrogen and oxygen atoms in total. The van der Waals surface area contributed by atoms with Crippen molar-refractivity contribution < 1.29 is 23.4 Å². The van der Waals surface area contributed by atoms with Gasteiger partial charge in [0.05, 0.1) is 11.2 Å². The molecule has 0 atom stereocenters. The number of rotatable bonds is 9. The Hall–Kier alpha value is -4.01. The van der Waals surface area contributed by atoms with E-state index in [0.29, 0.717) is 23.8 Å². The summed E-state index contributed by atoms with van der Waals surface area (Å²) < 4.78 is 31.9. The molecule has 2 N–H and O–H groups in total. The van der Waals surface area contributed by atoms with Crippen molar-refractivity contribution in [2.75, 3.05) is 5.32 Å². The zero-order valence-electron chi connectivity index (χ0n) is 21.0. The molecule has 2 aliphatic rings. The topological polar surface area (TPSA) is 89.3 Å². The van der Waals surface area contributed by atoms with Gasteiger partial charge in [0, 0.05) is 12.1 Å². The van der Waals surface area contributed by atoms with Gasteiger partial charge in [-0.05, 0) is 73.9 Å². The average Bonchev–Trinajstić information content (AvgIpc) is 3.50. The largest absolute Gasteiger partial charge is 0.475 e. The van der Waals surface area contributed by atoms with Crippen molar-refractivity contribution in [2.24, 2.45) is 5.92 Å². The van der Waals surface area contributed by atoms with E-state index in [1.54, 1.807) is 12.1 Å². The Balaban J connectivity index is 1.50. The van der Waals surface area contributed by atoms with Crippen molar-refractivity contribution in [3.05, 3.63) is 71.5 Å². The van der Waals surface area contributed by atoms with Crippen molar-refractivity contribution in [3.63, 3.8) is 0 Å². The number of alkyl halides is 2. The summed E-state index contributed by atoms with van der Waals surface area (Å²) in [7, 11) is 0. The van der Waals surface area contributed by atoms with E-state index < -0.39 is 12.6 Å². The first kappa shape index (κ1) is 24.3. The number of carboxylic acids is 1. The number of aromatic carboxylic acids is 1. The van der Waals surface area contributed by atoms with E-state index in [0.717, 1.165) is 53.6 Å². The van der Waals surface area contributed by atoms with Gasteiger partial charge in [0.1, 0.15) is 11.3 Å². The molecule has 0 amide bonds. The maximum Gasteiger partial charge on any atom is 0.387 e. The molecule has 38 heavy (non-hydrogen) atoms.